The van der Waals surface area contributed by atoms with Crippen LogP contribution in [0.4, 0.5) is 5.82 Å². The fourth-order valence-corrected chi connectivity index (χ4v) is 2.66. The molecule has 0 aliphatic rings. The lowest BCUT2D eigenvalue weighted by Crippen LogP contribution is -2.24. The van der Waals surface area contributed by atoms with Crippen LogP contribution in [0.1, 0.15) is 47.3 Å². The van der Waals surface area contributed by atoms with E-state index in [-0.39, 0.29) is 11.6 Å². The van der Waals surface area contributed by atoms with Gasteiger partial charge in [-0.15, -0.1) is 0 Å². The van der Waals surface area contributed by atoms with Crippen molar-refractivity contribution < 1.29 is 14.3 Å². The Bertz CT molecular complexity index is 1050. The summed E-state index contributed by atoms with van der Waals surface area (Å²) in [6, 6.07) is 6.61. The topological polar surface area (TPSA) is 99.0 Å². The predicted octanol–water partition coefficient (Wildman–Crippen LogP) is 3.39. The molecule has 0 aliphatic carbocycles. The average Bonchev–Trinajstić information content (AvgIpc) is 3.06. The number of carbonyl (C=O) groups is 2. The number of aromatic nitrogens is 4. The molecule has 3 heterocycles. The normalized spacial score (nSPS) is 11.2. The monoisotopic (exact) mass is 393 g/mol. The molecule has 0 bridgehead atoms. The molecule has 0 unspecified atom stereocenters. The Morgan fingerprint density at radius 1 is 1.10 bits per heavy atom. The molecule has 0 fully saturated rings. The summed E-state index contributed by atoms with van der Waals surface area (Å²) in [7, 11) is 1.85. The lowest BCUT2D eigenvalue weighted by atomic mass is 10.1. The highest BCUT2D eigenvalue weighted by atomic mass is 16.6. The van der Waals surface area contributed by atoms with Crippen LogP contribution in [0.25, 0.3) is 11.1 Å². The fraction of sp³-hybridized carbons (Fsp3) is 0.286. The first-order valence-electron chi connectivity index (χ1n) is 9.10. The van der Waals surface area contributed by atoms with Crippen LogP contribution >= 0.6 is 0 Å². The second-order valence-corrected chi connectivity index (χ2v) is 7.62. The van der Waals surface area contributed by atoms with E-state index >= 15 is 0 Å². The molecule has 0 aromatic carbocycles. The molecule has 3 rings (SSSR count). The van der Waals surface area contributed by atoms with Crippen molar-refractivity contribution >= 4 is 17.7 Å². The Morgan fingerprint density at radius 2 is 1.86 bits per heavy atom. The van der Waals surface area contributed by atoms with Crippen LogP contribution in [0, 0.1) is 6.92 Å². The molecule has 1 amide bonds. The number of amides is 1. The van der Waals surface area contributed by atoms with Crippen LogP contribution in [0.3, 0.4) is 0 Å². The molecule has 8 heteroatoms. The number of pyridine rings is 2. The fourth-order valence-electron chi connectivity index (χ4n) is 2.66. The summed E-state index contributed by atoms with van der Waals surface area (Å²) in [5.41, 5.74) is 2.52. The smallest absolute Gasteiger partial charge is 0.357 e. The van der Waals surface area contributed by atoms with Crippen molar-refractivity contribution in [3.63, 3.8) is 0 Å². The minimum atomic E-state index is -0.611. The molecule has 3 aromatic rings. The minimum Gasteiger partial charge on any atom is -0.455 e. The summed E-state index contributed by atoms with van der Waals surface area (Å²) in [6.07, 6.45) is 5.01. The molecule has 8 nitrogen and oxygen atoms in total. The van der Waals surface area contributed by atoms with Crippen molar-refractivity contribution in [2.24, 2.45) is 7.05 Å². The standard InChI is InChI=1S/C21H23N5O3/c1-13-16(15-11-23-26(5)12-15)7-9-18(24-13)25-19(27)14-6-8-17(22-10-14)20(28)29-21(2,3)4/h6-12H,1-5H3,(H,24,25,27). The predicted molar refractivity (Wildman–Crippen MR) is 109 cm³/mol. The first kappa shape index (κ1) is 20.2. The Morgan fingerprint density at radius 3 is 2.41 bits per heavy atom. The van der Waals surface area contributed by atoms with Crippen LogP contribution in [0.5, 0.6) is 0 Å². The van der Waals surface area contributed by atoms with Gasteiger partial charge in [0.1, 0.15) is 17.1 Å². The van der Waals surface area contributed by atoms with Gasteiger partial charge in [0.15, 0.2) is 0 Å². The number of carbonyl (C=O) groups excluding carboxylic acids is 2. The zero-order valence-corrected chi connectivity index (χ0v) is 17.1. The van der Waals surface area contributed by atoms with Gasteiger partial charge >= 0.3 is 5.97 Å². The van der Waals surface area contributed by atoms with Crippen molar-refractivity contribution in [1.29, 1.82) is 0 Å². The maximum Gasteiger partial charge on any atom is 0.357 e. The lowest BCUT2D eigenvalue weighted by molar-refractivity contribution is 0.00626. The van der Waals surface area contributed by atoms with Crippen molar-refractivity contribution in [2.45, 2.75) is 33.3 Å². The Labute approximate surface area is 168 Å². The summed E-state index contributed by atoms with van der Waals surface area (Å²) in [5.74, 6) is -0.474. The first-order chi connectivity index (χ1) is 13.6. The highest BCUT2D eigenvalue weighted by Gasteiger charge is 2.19. The van der Waals surface area contributed by atoms with Crippen LogP contribution in [-0.4, -0.2) is 37.2 Å². The highest BCUT2D eigenvalue weighted by molar-refractivity contribution is 6.04. The van der Waals surface area contributed by atoms with Gasteiger partial charge in [-0.1, -0.05) is 0 Å². The number of anilines is 1. The summed E-state index contributed by atoms with van der Waals surface area (Å²) in [5, 5.41) is 6.91. The van der Waals surface area contributed by atoms with Gasteiger partial charge in [-0.3, -0.25) is 9.48 Å². The third-order valence-corrected chi connectivity index (χ3v) is 3.98. The zero-order valence-electron chi connectivity index (χ0n) is 17.1. The zero-order chi connectivity index (χ0) is 21.2. The van der Waals surface area contributed by atoms with Crippen molar-refractivity contribution in [3.05, 3.63) is 59.8 Å². The van der Waals surface area contributed by atoms with Crippen LogP contribution in [-0.2, 0) is 11.8 Å². The van der Waals surface area contributed by atoms with E-state index in [0.29, 0.717) is 11.4 Å². The van der Waals surface area contributed by atoms with Gasteiger partial charge < -0.3 is 10.1 Å². The van der Waals surface area contributed by atoms with Gasteiger partial charge in [-0.2, -0.15) is 5.10 Å². The van der Waals surface area contributed by atoms with E-state index < -0.39 is 11.6 Å². The SMILES string of the molecule is Cc1nc(NC(=O)c2ccc(C(=O)OC(C)(C)C)nc2)ccc1-c1cnn(C)c1. The number of hydrogen-bond donors (Lipinski definition) is 1. The molecule has 0 saturated carbocycles. The van der Waals surface area contributed by atoms with E-state index in [2.05, 4.69) is 20.4 Å². The second kappa shape index (κ2) is 7.83. The van der Waals surface area contributed by atoms with Crippen LogP contribution in [0.15, 0.2) is 42.9 Å². The Balaban J connectivity index is 1.70. The maximum absolute atomic E-state index is 12.5. The van der Waals surface area contributed by atoms with Crippen molar-refractivity contribution in [1.82, 2.24) is 19.7 Å². The molecule has 3 aromatic heterocycles. The quantitative estimate of drug-likeness (QED) is 0.682. The number of nitrogens with one attached hydrogen (secondary N) is 1. The molecule has 0 radical (unpaired) electrons. The van der Waals surface area contributed by atoms with Gasteiger partial charge in [0, 0.05) is 36.3 Å². The van der Waals surface area contributed by atoms with Gasteiger partial charge in [0.2, 0.25) is 0 Å². The van der Waals surface area contributed by atoms with Crippen LogP contribution in [0.2, 0.25) is 0 Å². The lowest BCUT2D eigenvalue weighted by Gasteiger charge is -2.19. The number of nitrogens with zero attached hydrogens (tertiary/aromatic N) is 4. The van der Waals surface area contributed by atoms with E-state index in [1.165, 1.54) is 18.3 Å². The van der Waals surface area contributed by atoms with E-state index in [1.807, 2.05) is 26.2 Å². The number of ether oxygens (including phenoxy) is 1. The van der Waals surface area contributed by atoms with Crippen molar-refractivity contribution in [3.8, 4) is 11.1 Å². The molecular weight excluding hydrogens is 370 g/mol. The second-order valence-electron chi connectivity index (χ2n) is 7.62. The Kier molecular flexibility index (Phi) is 5.45. The molecule has 0 atom stereocenters. The summed E-state index contributed by atoms with van der Waals surface area (Å²) < 4.78 is 6.98. The molecular formula is C21H23N5O3. The van der Waals surface area contributed by atoms with E-state index in [4.69, 9.17) is 4.74 Å². The largest absolute Gasteiger partial charge is 0.455 e. The van der Waals surface area contributed by atoms with Gasteiger partial charge in [-0.25, -0.2) is 14.8 Å². The maximum atomic E-state index is 12.5. The molecule has 1 N–H and O–H groups in total. The third-order valence-electron chi connectivity index (χ3n) is 3.98. The molecule has 0 spiro atoms. The molecule has 0 aliphatic heterocycles. The molecule has 29 heavy (non-hydrogen) atoms. The molecule has 150 valence electrons. The van der Waals surface area contributed by atoms with E-state index in [1.54, 1.807) is 37.7 Å². The number of esters is 1. The van der Waals surface area contributed by atoms with Crippen molar-refractivity contribution in [2.75, 3.05) is 5.32 Å². The average molecular weight is 393 g/mol. The summed E-state index contributed by atoms with van der Waals surface area (Å²) in [4.78, 5) is 33.0. The molecule has 0 saturated heterocycles. The minimum absolute atomic E-state index is 0.145. The van der Waals surface area contributed by atoms with Gasteiger partial charge in [0.25, 0.3) is 5.91 Å². The highest BCUT2D eigenvalue weighted by Crippen LogP contribution is 2.23. The van der Waals surface area contributed by atoms with Gasteiger partial charge in [-0.05, 0) is 52.0 Å². The van der Waals surface area contributed by atoms with E-state index in [9.17, 15) is 9.59 Å². The first-order valence-corrected chi connectivity index (χ1v) is 9.10. The summed E-state index contributed by atoms with van der Waals surface area (Å²) in [6.45, 7) is 7.21. The van der Waals surface area contributed by atoms with Gasteiger partial charge in [0.05, 0.1) is 11.8 Å². The third kappa shape index (κ3) is 5.04. The summed E-state index contributed by atoms with van der Waals surface area (Å²) >= 11 is 0. The Hall–Kier alpha value is -3.55. The van der Waals surface area contributed by atoms with Crippen LogP contribution < -0.4 is 5.32 Å². The number of rotatable bonds is 4. The number of hydrogen-bond acceptors (Lipinski definition) is 6. The number of aryl methyl sites for hydroxylation is 2. The van der Waals surface area contributed by atoms with E-state index in [0.717, 1.165) is 16.8 Å².